The number of ether oxygens (including phenoxy) is 2. The Hall–Kier alpha value is -1.75. The fraction of sp³-hybridized carbons (Fsp3) is 0.462. The molecule has 1 aliphatic heterocycles. The van der Waals surface area contributed by atoms with Gasteiger partial charge in [0, 0.05) is 6.04 Å². The van der Waals surface area contributed by atoms with E-state index in [1.54, 1.807) is 14.2 Å². The van der Waals surface area contributed by atoms with E-state index >= 15 is 0 Å². The van der Waals surface area contributed by atoms with E-state index in [1.807, 2.05) is 19.1 Å². The van der Waals surface area contributed by atoms with E-state index in [0.717, 1.165) is 11.1 Å². The van der Waals surface area contributed by atoms with Gasteiger partial charge in [0.05, 0.1) is 14.2 Å². The van der Waals surface area contributed by atoms with Crippen LogP contribution in [0.4, 0.5) is 0 Å². The molecule has 5 heteroatoms. The van der Waals surface area contributed by atoms with Crippen LogP contribution in [-0.2, 0) is 11.2 Å². The molecule has 0 radical (unpaired) electrons. The van der Waals surface area contributed by atoms with Crippen LogP contribution in [0.15, 0.2) is 12.1 Å². The quantitative estimate of drug-likeness (QED) is 0.849. The first-order valence-electron chi connectivity index (χ1n) is 5.80. The first kappa shape index (κ1) is 12.7. The molecule has 2 unspecified atom stereocenters. The molecule has 0 aliphatic carbocycles. The first-order chi connectivity index (χ1) is 8.56. The number of hydrogen-bond donors (Lipinski definition) is 2. The van der Waals surface area contributed by atoms with E-state index in [0.29, 0.717) is 17.9 Å². The summed E-state index contributed by atoms with van der Waals surface area (Å²) in [5.74, 6) is 0.468. The Bertz CT molecular complexity index is 472. The number of methoxy groups -OCH3 is 2. The van der Waals surface area contributed by atoms with Crippen LogP contribution in [0.25, 0.3) is 0 Å². The molecule has 1 aromatic carbocycles. The van der Waals surface area contributed by atoms with Crippen molar-refractivity contribution in [3.05, 3.63) is 23.3 Å². The van der Waals surface area contributed by atoms with Crippen molar-refractivity contribution in [3.63, 3.8) is 0 Å². The second kappa shape index (κ2) is 4.86. The number of rotatable bonds is 3. The molecule has 98 valence electrons. The molecular weight excluding hydrogens is 234 g/mol. The van der Waals surface area contributed by atoms with Crippen LogP contribution in [0, 0.1) is 0 Å². The lowest BCUT2D eigenvalue weighted by Gasteiger charge is -2.29. The Labute approximate surface area is 106 Å². The van der Waals surface area contributed by atoms with Gasteiger partial charge in [-0.25, -0.2) is 0 Å². The van der Waals surface area contributed by atoms with Crippen LogP contribution in [-0.4, -0.2) is 31.3 Å². The Kier molecular flexibility index (Phi) is 3.43. The van der Waals surface area contributed by atoms with Crippen molar-refractivity contribution in [3.8, 4) is 11.5 Å². The molecule has 2 rings (SSSR count). The molecule has 0 saturated heterocycles. The monoisotopic (exact) mass is 251 g/mol. The maximum absolute atomic E-state index is 11.1. The average Bonchev–Trinajstić information content (AvgIpc) is 2.36. The highest BCUT2D eigenvalue weighted by Crippen LogP contribution is 2.35. The Morgan fingerprint density at radius 2 is 1.94 bits per heavy atom. The third-order valence-corrected chi connectivity index (χ3v) is 3.29. The lowest BCUT2D eigenvalue weighted by atomic mass is 9.90. The Morgan fingerprint density at radius 3 is 2.50 bits per heavy atom. The summed E-state index contributed by atoms with van der Waals surface area (Å²) >= 11 is 0. The Morgan fingerprint density at radius 1 is 1.33 bits per heavy atom. The highest BCUT2D eigenvalue weighted by molar-refractivity contribution is 5.74. The van der Waals surface area contributed by atoms with Crippen LogP contribution in [0.1, 0.15) is 24.1 Å². The summed E-state index contributed by atoms with van der Waals surface area (Å²) in [7, 11) is 3.16. The molecule has 5 nitrogen and oxygen atoms in total. The van der Waals surface area contributed by atoms with Crippen molar-refractivity contribution in [1.29, 1.82) is 0 Å². The highest BCUT2D eigenvalue weighted by Gasteiger charge is 2.29. The summed E-state index contributed by atoms with van der Waals surface area (Å²) in [4.78, 5) is 11.1. The van der Waals surface area contributed by atoms with E-state index < -0.39 is 12.0 Å². The molecule has 0 amide bonds. The average molecular weight is 251 g/mol. The first-order valence-corrected chi connectivity index (χ1v) is 5.80. The number of benzene rings is 1. The number of carboxylic acids is 1. The SMILES string of the molecule is COc1cc2c(cc1OC)C(C)NC(C(=O)O)C2. The molecule has 0 spiro atoms. The van der Waals surface area contributed by atoms with Gasteiger partial charge in [-0.3, -0.25) is 10.1 Å². The second-order valence-corrected chi connectivity index (χ2v) is 4.39. The fourth-order valence-corrected chi connectivity index (χ4v) is 2.35. The number of nitrogens with one attached hydrogen (secondary N) is 1. The fourth-order valence-electron chi connectivity index (χ4n) is 2.35. The predicted octanol–water partition coefficient (Wildman–Crippen LogP) is 1.36. The summed E-state index contributed by atoms with van der Waals surface area (Å²) in [5, 5.41) is 12.2. The molecule has 0 aromatic heterocycles. The van der Waals surface area contributed by atoms with Gasteiger partial charge in [-0.05, 0) is 36.6 Å². The van der Waals surface area contributed by atoms with Crippen molar-refractivity contribution < 1.29 is 19.4 Å². The minimum absolute atomic E-state index is 0.0188. The van der Waals surface area contributed by atoms with E-state index in [2.05, 4.69) is 5.32 Å². The van der Waals surface area contributed by atoms with E-state index in [9.17, 15) is 4.79 Å². The van der Waals surface area contributed by atoms with Crippen molar-refractivity contribution in [2.75, 3.05) is 14.2 Å². The maximum Gasteiger partial charge on any atom is 0.321 e. The summed E-state index contributed by atoms with van der Waals surface area (Å²) in [6.45, 7) is 1.94. The number of hydrogen-bond acceptors (Lipinski definition) is 4. The molecular formula is C13H17NO4. The summed E-state index contributed by atoms with van der Waals surface area (Å²) in [6, 6.07) is 3.20. The van der Waals surface area contributed by atoms with E-state index in [-0.39, 0.29) is 6.04 Å². The predicted molar refractivity (Wildman–Crippen MR) is 66.2 cm³/mol. The molecule has 1 aliphatic rings. The van der Waals surface area contributed by atoms with Crippen molar-refractivity contribution in [2.24, 2.45) is 0 Å². The molecule has 1 aromatic rings. The lowest BCUT2D eigenvalue weighted by Crippen LogP contribution is -2.43. The van der Waals surface area contributed by atoms with Crippen molar-refractivity contribution in [2.45, 2.75) is 25.4 Å². The molecule has 2 atom stereocenters. The highest BCUT2D eigenvalue weighted by atomic mass is 16.5. The van der Waals surface area contributed by atoms with Crippen LogP contribution in [0.2, 0.25) is 0 Å². The zero-order valence-electron chi connectivity index (χ0n) is 10.7. The number of aliphatic carboxylic acids is 1. The van der Waals surface area contributed by atoms with Gasteiger partial charge in [0.1, 0.15) is 6.04 Å². The second-order valence-electron chi connectivity index (χ2n) is 4.39. The minimum atomic E-state index is -0.831. The van der Waals surface area contributed by atoms with Crippen LogP contribution in [0.3, 0.4) is 0 Å². The Balaban J connectivity index is 2.43. The third kappa shape index (κ3) is 2.13. The van der Waals surface area contributed by atoms with Gasteiger partial charge in [-0.15, -0.1) is 0 Å². The number of carbonyl (C=O) groups is 1. The molecule has 0 saturated carbocycles. The van der Waals surface area contributed by atoms with E-state index in [4.69, 9.17) is 14.6 Å². The van der Waals surface area contributed by atoms with Gasteiger partial charge >= 0.3 is 5.97 Å². The van der Waals surface area contributed by atoms with Gasteiger partial charge in [-0.1, -0.05) is 0 Å². The summed E-state index contributed by atoms with van der Waals surface area (Å²) < 4.78 is 10.5. The van der Waals surface area contributed by atoms with Crippen molar-refractivity contribution in [1.82, 2.24) is 5.32 Å². The smallest absolute Gasteiger partial charge is 0.321 e. The normalized spacial score (nSPS) is 22.2. The molecule has 0 bridgehead atoms. The molecule has 0 fully saturated rings. The standard InChI is InChI=1S/C13H17NO4/c1-7-9-6-12(18-3)11(17-2)5-8(9)4-10(14-7)13(15)16/h5-7,10,14H,4H2,1-3H3,(H,15,16). The van der Waals surface area contributed by atoms with Crippen LogP contribution in [0.5, 0.6) is 11.5 Å². The van der Waals surface area contributed by atoms with Gasteiger partial charge in [0.2, 0.25) is 0 Å². The number of fused-ring (bicyclic) bond motifs is 1. The zero-order chi connectivity index (χ0) is 13.3. The lowest BCUT2D eigenvalue weighted by molar-refractivity contribution is -0.139. The molecule has 2 N–H and O–H groups in total. The summed E-state index contributed by atoms with van der Waals surface area (Å²) in [6.07, 6.45) is 0.454. The maximum atomic E-state index is 11.1. The van der Waals surface area contributed by atoms with Gasteiger partial charge in [-0.2, -0.15) is 0 Å². The van der Waals surface area contributed by atoms with E-state index in [1.165, 1.54) is 0 Å². The van der Waals surface area contributed by atoms with Crippen LogP contribution < -0.4 is 14.8 Å². The molecule has 1 heterocycles. The van der Waals surface area contributed by atoms with Gasteiger partial charge in [0.25, 0.3) is 0 Å². The van der Waals surface area contributed by atoms with Crippen molar-refractivity contribution >= 4 is 5.97 Å². The van der Waals surface area contributed by atoms with Gasteiger partial charge < -0.3 is 14.6 Å². The molecule has 18 heavy (non-hydrogen) atoms. The number of carboxylic acid groups (broad SMARTS) is 1. The largest absolute Gasteiger partial charge is 0.493 e. The topological polar surface area (TPSA) is 67.8 Å². The van der Waals surface area contributed by atoms with Gasteiger partial charge in [0.15, 0.2) is 11.5 Å². The third-order valence-electron chi connectivity index (χ3n) is 3.29. The summed E-state index contributed by atoms with van der Waals surface area (Å²) in [5.41, 5.74) is 2.05. The zero-order valence-corrected chi connectivity index (χ0v) is 10.7. The minimum Gasteiger partial charge on any atom is -0.493 e. The van der Waals surface area contributed by atoms with Crippen LogP contribution >= 0.6 is 0 Å².